The number of anilines is 1. The third kappa shape index (κ3) is 4.15. The molecule has 0 spiro atoms. The van der Waals surface area contributed by atoms with Gasteiger partial charge in [0, 0.05) is 11.7 Å². The van der Waals surface area contributed by atoms with E-state index in [4.69, 9.17) is 0 Å². The van der Waals surface area contributed by atoms with Crippen molar-refractivity contribution in [3.63, 3.8) is 0 Å². The van der Waals surface area contributed by atoms with E-state index >= 15 is 0 Å². The van der Waals surface area contributed by atoms with Crippen LogP contribution >= 0.6 is 0 Å². The molecule has 0 radical (unpaired) electrons. The van der Waals surface area contributed by atoms with Gasteiger partial charge in [-0.15, -0.1) is 0 Å². The van der Waals surface area contributed by atoms with Crippen molar-refractivity contribution in [1.29, 1.82) is 0 Å². The second-order valence-corrected chi connectivity index (χ2v) is 7.51. The third-order valence-corrected chi connectivity index (χ3v) is 5.45. The summed E-state index contributed by atoms with van der Waals surface area (Å²) >= 11 is 0. The Kier molecular flexibility index (Phi) is 5.54. The maximum atomic E-state index is 13.2. The number of benzene rings is 3. The van der Waals surface area contributed by atoms with Crippen LogP contribution in [0.3, 0.4) is 0 Å². The van der Waals surface area contributed by atoms with Gasteiger partial charge in [-0.2, -0.15) is 0 Å². The molecule has 3 heteroatoms. The number of carbonyl (C=O) groups excluding carboxylic acids is 1. The number of amides is 1. The first-order valence-corrected chi connectivity index (χ1v) is 9.97. The lowest BCUT2D eigenvalue weighted by Crippen LogP contribution is -2.36. The van der Waals surface area contributed by atoms with Gasteiger partial charge in [0.1, 0.15) is 6.04 Å². The van der Waals surface area contributed by atoms with Crippen molar-refractivity contribution in [2.24, 2.45) is 0 Å². The van der Waals surface area contributed by atoms with Crippen LogP contribution in [0.2, 0.25) is 0 Å². The van der Waals surface area contributed by atoms with Crippen molar-refractivity contribution in [3.8, 4) is 0 Å². The Labute approximate surface area is 166 Å². The molecule has 3 aromatic carbocycles. The zero-order chi connectivity index (χ0) is 19.3. The average Bonchev–Trinajstić information content (AvgIpc) is 2.74. The lowest BCUT2D eigenvalue weighted by Gasteiger charge is -2.30. The molecule has 2 atom stereocenters. The molecule has 3 aromatic rings. The SMILES string of the molecule is Cc1ccc(NC(=O)[C@@H](N[C@H]2CCCc3ccccc32)c2ccccc2)cc1. The highest BCUT2D eigenvalue weighted by molar-refractivity contribution is 5.95. The third-order valence-electron chi connectivity index (χ3n) is 5.45. The molecule has 0 fully saturated rings. The normalized spacial score (nSPS) is 16.8. The summed E-state index contributed by atoms with van der Waals surface area (Å²) in [4.78, 5) is 13.2. The van der Waals surface area contributed by atoms with Crippen LogP contribution in [0.1, 0.15) is 47.2 Å². The Hall–Kier alpha value is -2.91. The number of nitrogens with one attached hydrogen (secondary N) is 2. The van der Waals surface area contributed by atoms with Crippen molar-refractivity contribution >= 4 is 11.6 Å². The van der Waals surface area contributed by atoms with Crippen LogP contribution in [0.15, 0.2) is 78.9 Å². The zero-order valence-electron chi connectivity index (χ0n) is 16.2. The number of fused-ring (bicyclic) bond motifs is 1. The summed E-state index contributed by atoms with van der Waals surface area (Å²) in [5, 5.41) is 6.73. The van der Waals surface area contributed by atoms with E-state index in [0.29, 0.717) is 0 Å². The zero-order valence-corrected chi connectivity index (χ0v) is 16.2. The van der Waals surface area contributed by atoms with Gasteiger partial charge in [0.15, 0.2) is 0 Å². The van der Waals surface area contributed by atoms with E-state index in [1.807, 2.05) is 61.5 Å². The monoisotopic (exact) mass is 370 g/mol. The Balaban J connectivity index is 1.60. The first-order chi connectivity index (χ1) is 13.7. The van der Waals surface area contributed by atoms with E-state index in [1.54, 1.807) is 0 Å². The van der Waals surface area contributed by atoms with Gasteiger partial charge in [0.25, 0.3) is 0 Å². The molecule has 0 saturated heterocycles. The summed E-state index contributed by atoms with van der Waals surface area (Å²) < 4.78 is 0. The van der Waals surface area contributed by atoms with Gasteiger partial charge in [-0.1, -0.05) is 72.3 Å². The van der Waals surface area contributed by atoms with Crippen molar-refractivity contribution in [2.75, 3.05) is 5.32 Å². The number of rotatable bonds is 5. The number of carbonyl (C=O) groups is 1. The minimum atomic E-state index is -0.404. The van der Waals surface area contributed by atoms with E-state index in [1.165, 1.54) is 16.7 Å². The van der Waals surface area contributed by atoms with Gasteiger partial charge in [-0.25, -0.2) is 0 Å². The summed E-state index contributed by atoms with van der Waals surface area (Å²) in [6, 6.07) is 26.2. The predicted octanol–water partition coefficient (Wildman–Crippen LogP) is 5.34. The van der Waals surface area contributed by atoms with Crippen LogP contribution in [-0.4, -0.2) is 5.91 Å². The van der Waals surface area contributed by atoms with Gasteiger partial charge >= 0.3 is 0 Å². The number of hydrogen-bond donors (Lipinski definition) is 2. The van der Waals surface area contributed by atoms with Crippen LogP contribution in [-0.2, 0) is 11.2 Å². The molecule has 0 saturated carbocycles. The van der Waals surface area contributed by atoms with Gasteiger partial charge in [0.05, 0.1) is 0 Å². The molecule has 1 aliphatic rings. The topological polar surface area (TPSA) is 41.1 Å². The van der Waals surface area contributed by atoms with Crippen LogP contribution < -0.4 is 10.6 Å². The van der Waals surface area contributed by atoms with Crippen LogP contribution in [0, 0.1) is 6.92 Å². The molecular formula is C25H26N2O. The highest BCUT2D eigenvalue weighted by Gasteiger charge is 2.27. The van der Waals surface area contributed by atoms with E-state index in [9.17, 15) is 4.79 Å². The molecule has 142 valence electrons. The minimum absolute atomic E-state index is 0.0295. The first-order valence-electron chi connectivity index (χ1n) is 9.97. The Morgan fingerprint density at radius 1 is 0.929 bits per heavy atom. The second-order valence-electron chi connectivity index (χ2n) is 7.51. The predicted molar refractivity (Wildman–Crippen MR) is 114 cm³/mol. The van der Waals surface area contributed by atoms with E-state index in [-0.39, 0.29) is 11.9 Å². The van der Waals surface area contributed by atoms with Crippen LogP contribution in [0.25, 0.3) is 0 Å². The lowest BCUT2D eigenvalue weighted by atomic mass is 9.87. The Bertz CT molecular complexity index is 934. The lowest BCUT2D eigenvalue weighted by molar-refractivity contribution is -0.118. The summed E-state index contributed by atoms with van der Waals surface area (Å²) in [6.07, 6.45) is 3.29. The highest BCUT2D eigenvalue weighted by atomic mass is 16.2. The Morgan fingerprint density at radius 3 is 2.43 bits per heavy atom. The van der Waals surface area contributed by atoms with Gasteiger partial charge < -0.3 is 5.32 Å². The minimum Gasteiger partial charge on any atom is -0.324 e. The number of aryl methyl sites for hydroxylation is 2. The van der Waals surface area contributed by atoms with Crippen molar-refractivity contribution in [3.05, 3.63) is 101 Å². The van der Waals surface area contributed by atoms with E-state index in [2.05, 4.69) is 34.9 Å². The summed E-state index contributed by atoms with van der Waals surface area (Å²) in [5.74, 6) is -0.0295. The molecule has 2 N–H and O–H groups in total. The molecule has 4 rings (SSSR count). The quantitative estimate of drug-likeness (QED) is 0.636. The molecule has 0 heterocycles. The van der Waals surface area contributed by atoms with Gasteiger partial charge in [-0.3, -0.25) is 10.1 Å². The van der Waals surface area contributed by atoms with Crippen LogP contribution in [0.5, 0.6) is 0 Å². The number of hydrogen-bond acceptors (Lipinski definition) is 2. The summed E-state index contributed by atoms with van der Waals surface area (Å²) in [6.45, 7) is 2.04. The van der Waals surface area contributed by atoms with Crippen LogP contribution in [0.4, 0.5) is 5.69 Å². The van der Waals surface area contributed by atoms with E-state index < -0.39 is 6.04 Å². The fourth-order valence-electron chi connectivity index (χ4n) is 3.95. The molecule has 1 aliphatic carbocycles. The standard InChI is InChI=1S/C25H26N2O/c1-18-14-16-21(17-15-18)26-25(28)24(20-9-3-2-4-10-20)27-23-13-7-11-19-8-5-6-12-22(19)23/h2-6,8-10,12,14-17,23-24,27H,7,11,13H2,1H3,(H,26,28)/t23-,24-/m0/s1. The molecule has 3 nitrogen and oxygen atoms in total. The molecule has 0 aliphatic heterocycles. The fourth-order valence-corrected chi connectivity index (χ4v) is 3.95. The highest BCUT2D eigenvalue weighted by Crippen LogP contribution is 2.32. The van der Waals surface area contributed by atoms with Gasteiger partial charge in [0.2, 0.25) is 5.91 Å². The smallest absolute Gasteiger partial charge is 0.246 e. The largest absolute Gasteiger partial charge is 0.324 e. The molecular weight excluding hydrogens is 344 g/mol. The molecule has 0 bridgehead atoms. The van der Waals surface area contributed by atoms with Crippen molar-refractivity contribution in [2.45, 2.75) is 38.3 Å². The maximum Gasteiger partial charge on any atom is 0.246 e. The maximum absolute atomic E-state index is 13.2. The second kappa shape index (κ2) is 8.41. The molecule has 0 aromatic heterocycles. The molecule has 28 heavy (non-hydrogen) atoms. The average molecular weight is 370 g/mol. The van der Waals surface area contributed by atoms with Crippen molar-refractivity contribution < 1.29 is 4.79 Å². The van der Waals surface area contributed by atoms with E-state index in [0.717, 1.165) is 30.5 Å². The fraction of sp³-hybridized carbons (Fsp3) is 0.240. The molecule has 1 amide bonds. The summed E-state index contributed by atoms with van der Waals surface area (Å²) in [5.41, 5.74) is 5.68. The Morgan fingerprint density at radius 2 is 1.64 bits per heavy atom. The van der Waals surface area contributed by atoms with Gasteiger partial charge in [-0.05, 0) is 55.0 Å². The van der Waals surface area contributed by atoms with Crippen molar-refractivity contribution in [1.82, 2.24) is 5.32 Å². The summed E-state index contributed by atoms with van der Waals surface area (Å²) in [7, 11) is 0. The molecule has 0 unspecified atom stereocenters. The first kappa shape index (κ1) is 18.5.